The van der Waals surface area contributed by atoms with Crippen LogP contribution in [0.3, 0.4) is 0 Å². The first-order valence-corrected chi connectivity index (χ1v) is 10.7. The first-order chi connectivity index (χ1) is 13.6. The molecular formula is C20H18N6S2. The van der Waals surface area contributed by atoms with Gasteiger partial charge in [-0.1, -0.05) is 12.1 Å². The third kappa shape index (κ3) is 2.76. The van der Waals surface area contributed by atoms with E-state index in [0.29, 0.717) is 0 Å². The van der Waals surface area contributed by atoms with Gasteiger partial charge in [0.15, 0.2) is 17.3 Å². The average Bonchev–Trinajstić information content (AvgIpc) is 3.41. The van der Waals surface area contributed by atoms with Crippen LogP contribution in [0, 0.1) is 13.8 Å². The maximum Gasteiger partial charge on any atom is 0.173 e. The Kier molecular flexibility index (Phi) is 4.10. The minimum Gasteiger partial charge on any atom is -0.360 e. The van der Waals surface area contributed by atoms with E-state index in [-0.39, 0.29) is 6.04 Å². The quantitative estimate of drug-likeness (QED) is 0.441. The molecule has 1 atom stereocenters. The fourth-order valence-corrected chi connectivity index (χ4v) is 4.98. The van der Waals surface area contributed by atoms with Gasteiger partial charge in [0.2, 0.25) is 0 Å². The Morgan fingerprint density at radius 3 is 2.79 bits per heavy atom. The highest BCUT2D eigenvalue weighted by Crippen LogP contribution is 2.36. The van der Waals surface area contributed by atoms with Crippen molar-refractivity contribution in [1.29, 1.82) is 0 Å². The van der Waals surface area contributed by atoms with E-state index in [1.165, 1.54) is 10.4 Å². The molecule has 0 amide bonds. The lowest BCUT2D eigenvalue weighted by Gasteiger charge is -2.15. The molecule has 6 nitrogen and oxygen atoms in total. The third-order valence-electron chi connectivity index (χ3n) is 4.85. The van der Waals surface area contributed by atoms with Gasteiger partial charge in [-0.05, 0) is 49.9 Å². The van der Waals surface area contributed by atoms with Crippen LogP contribution in [-0.2, 0) is 0 Å². The summed E-state index contributed by atoms with van der Waals surface area (Å²) in [7, 11) is 0. The molecule has 5 rings (SSSR count). The van der Waals surface area contributed by atoms with Crippen molar-refractivity contribution in [3.8, 4) is 10.7 Å². The van der Waals surface area contributed by atoms with Crippen LogP contribution >= 0.6 is 22.7 Å². The Bertz CT molecular complexity index is 1290. The first-order valence-electron chi connectivity index (χ1n) is 8.99. The van der Waals surface area contributed by atoms with E-state index in [1.54, 1.807) is 22.7 Å². The SMILES string of the molecule is Cc1sc2nc(-c3cccs3)nc(NC(C)c3nnc4ccccn34)c2c1C. The Morgan fingerprint density at radius 1 is 1.07 bits per heavy atom. The minimum absolute atomic E-state index is 0.0636. The summed E-state index contributed by atoms with van der Waals surface area (Å²) in [5, 5.41) is 15.4. The molecule has 1 N–H and O–H groups in total. The van der Waals surface area contributed by atoms with Crippen molar-refractivity contribution < 1.29 is 0 Å². The second-order valence-electron chi connectivity index (χ2n) is 6.69. The Morgan fingerprint density at radius 2 is 1.96 bits per heavy atom. The Hall–Kier alpha value is -2.84. The summed E-state index contributed by atoms with van der Waals surface area (Å²) in [6.45, 7) is 6.34. The largest absolute Gasteiger partial charge is 0.360 e. The van der Waals surface area contributed by atoms with E-state index in [2.05, 4.69) is 42.4 Å². The van der Waals surface area contributed by atoms with Crippen molar-refractivity contribution in [1.82, 2.24) is 24.6 Å². The van der Waals surface area contributed by atoms with Crippen LogP contribution in [0.5, 0.6) is 0 Å². The molecule has 5 aromatic rings. The highest BCUT2D eigenvalue weighted by Gasteiger charge is 2.20. The van der Waals surface area contributed by atoms with Gasteiger partial charge in [0.25, 0.3) is 0 Å². The smallest absolute Gasteiger partial charge is 0.173 e. The van der Waals surface area contributed by atoms with Gasteiger partial charge < -0.3 is 5.32 Å². The first kappa shape index (κ1) is 17.3. The average molecular weight is 407 g/mol. The minimum atomic E-state index is -0.0636. The molecule has 8 heteroatoms. The number of anilines is 1. The molecule has 0 fully saturated rings. The van der Waals surface area contributed by atoms with Gasteiger partial charge in [0.05, 0.1) is 16.3 Å². The van der Waals surface area contributed by atoms with Crippen molar-refractivity contribution >= 4 is 44.4 Å². The van der Waals surface area contributed by atoms with Gasteiger partial charge in [0, 0.05) is 11.1 Å². The summed E-state index contributed by atoms with van der Waals surface area (Å²) in [4.78, 5) is 13.0. The summed E-state index contributed by atoms with van der Waals surface area (Å²) in [6, 6.07) is 9.91. The van der Waals surface area contributed by atoms with E-state index in [1.807, 2.05) is 40.2 Å². The highest BCUT2D eigenvalue weighted by molar-refractivity contribution is 7.19. The molecule has 0 aromatic carbocycles. The monoisotopic (exact) mass is 406 g/mol. The van der Waals surface area contributed by atoms with Gasteiger partial charge in [-0.25, -0.2) is 9.97 Å². The standard InChI is InChI=1S/C20H18N6S2/c1-11-13(3)28-20-16(11)18(22-17(23-20)14-7-6-10-27-14)21-12(2)19-25-24-15-8-4-5-9-26(15)19/h4-10,12H,1-3H3,(H,21,22,23). The second kappa shape index (κ2) is 6.65. The maximum absolute atomic E-state index is 4.88. The normalized spacial score (nSPS) is 12.7. The van der Waals surface area contributed by atoms with E-state index < -0.39 is 0 Å². The summed E-state index contributed by atoms with van der Waals surface area (Å²) in [6.07, 6.45) is 1.98. The summed E-state index contributed by atoms with van der Waals surface area (Å²) < 4.78 is 2.00. The molecule has 0 saturated carbocycles. The number of rotatable bonds is 4. The van der Waals surface area contributed by atoms with E-state index in [0.717, 1.165) is 38.2 Å². The number of thiophene rings is 2. The van der Waals surface area contributed by atoms with Crippen LogP contribution in [-0.4, -0.2) is 24.6 Å². The molecular weight excluding hydrogens is 388 g/mol. The molecule has 0 saturated heterocycles. The van der Waals surface area contributed by atoms with Crippen LogP contribution in [0.4, 0.5) is 5.82 Å². The predicted molar refractivity (Wildman–Crippen MR) is 115 cm³/mol. The van der Waals surface area contributed by atoms with Crippen molar-refractivity contribution in [2.45, 2.75) is 26.8 Å². The van der Waals surface area contributed by atoms with Gasteiger partial charge in [-0.3, -0.25) is 4.40 Å². The number of aryl methyl sites for hydroxylation is 2. The van der Waals surface area contributed by atoms with E-state index in [4.69, 9.17) is 9.97 Å². The summed E-state index contributed by atoms with van der Waals surface area (Å²) in [5.41, 5.74) is 2.05. The number of hydrogen-bond acceptors (Lipinski definition) is 7. The van der Waals surface area contributed by atoms with Gasteiger partial charge in [-0.2, -0.15) is 0 Å². The Labute approximate surface area is 169 Å². The number of pyridine rings is 1. The molecule has 0 spiro atoms. The van der Waals surface area contributed by atoms with Crippen LogP contribution in [0.2, 0.25) is 0 Å². The molecule has 28 heavy (non-hydrogen) atoms. The van der Waals surface area contributed by atoms with Crippen molar-refractivity contribution in [3.05, 3.63) is 58.2 Å². The summed E-state index contributed by atoms with van der Waals surface area (Å²) in [5.74, 6) is 2.45. The van der Waals surface area contributed by atoms with Crippen LogP contribution in [0.1, 0.15) is 29.2 Å². The predicted octanol–water partition coefficient (Wildman–Crippen LogP) is 5.25. The van der Waals surface area contributed by atoms with Gasteiger partial charge in [-0.15, -0.1) is 32.9 Å². The molecule has 5 heterocycles. The van der Waals surface area contributed by atoms with E-state index in [9.17, 15) is 0 Å². The topological polar surface area (TPSA) is 68.0 Å². The third-order valence-corrected chi connectivity index (χ3v) is 6.82. The fourth-order valence-electron chi connectivity index (χ4n) is 3.29. The fraction of sp³-hybridized carbons (Fsp3) is 0.200. The lowest BCUT2D eigenvalue weighted by Crippen LogP contribution is -2.12. The zero-order chi connectivity index (χ0) is 19.3. The van der Waals surface area contributed by atoms with Crippen molar-refractivity contribution in [2.24, 2.45) is 0 Å². The number of nitrogens with zero attached hydrogens (tertiary/aromatic N) is 5. The molecule has 0 aliphatic heterocycles. The molecule has 1 unspecified atom stereocenters. The number of fused-ring (bicyclic) bond motifs is 2. The zero-order valence-corrected chi connectivity index (χ0v) is 17.3. The van der Waals surface area contributed by atoms with Crippen LogP contribution < -0.4 is 5.32 Å². The van der Waals surface area contributed by atoms with Gasteiger partial charge >= 0.3 is 0 Å². The molecule has 0 aliphatic rings. The van der Waals surface area contributed by atoms with Crippen molar-refractivity contribution in [2.75, 3.05) is 5.32 Å². The van der Waals surface area contributed by atoms with Crippen LogP contribution in [0.25, 0.3) is 26.6 Å². The Balaban J connectivity index is 1.63. The lowest BCUT2D eigenvalue weighted by molar-refractivity contribution is 0.769. The maximum atomic E-state index is 4.88. The molecule has 140 valence electrons. The highest BCUT2D eigenvalue weighted by atomic mass is 32.1. The zero-order valence-electron chi connectivity index (χ0n) is 15.7. The molecule has 0 bridgehead atoms. The van der Waals surface area contributed by atoms with Crippen molar-refractivity contribution in [3.63, 3.8) is 0 Å². The number of aromatic nitrogens is 5. The molecule has 0 aliphatic carbocycles. The number of hydrogen-bond donors (Lipinski definition) is 1. The number of nitrogens with one attached hydrogen (secondary N) is 1. The van der Waals surface area contributed by atoms with Gasteiger partial charge in [0.1, 0.15) is 10.6 Å². The van der Waals surface area contributed by atoms with Crippen LogP contribution in [0.15, 0.2) is 41.9 Å². The molecule has 0 radical (unpaired) electrons. The summed E-state index contributed by atoms with van der Waals surface area (Å²) >= 11 is 3.36. The molecule has 5 aromatic heterocycles. The van der Waals surface area contributed by atoms with E-state index >= 15 is 0 Å². The lowest BCUT2D eigenvalue weighted by atomic mass is 10.2. The second-order valence-corrected chi connectivity index (χ2v) is 8.84.